The first kappa shape index (κ1) is 14.6. The number of carbonyl (C=O) groups excluding carboxylic acids is 3. The lowest BCUT2D eigenvalue weighted by Crippen LogP contribution is -2.45. The van der Waals surface area contributed by atoms with Crippen molar-refractivity contribution in [3.8, 4) is 0 Å². The fraction of sp³-hybridized carbons (Fsp3) is 0.727. The Kier molecular flexibility index (Phi) is 5.14. The number of ether oxygens (including phenoxy) is 2. The normalized spacial score (nSPS) is 14.8. The molecular formula is C11H18O5. The lowest BCUT2D eigenvalue weighted by atomic mass is 9.80. The van der Waals surface area contributed by atoms with Crippen LogP contribution in [-0.2, 0) is 23.9 Å². The van der Waals surface area contributed by atoms with Crippen molar-refractivity contribution in [2.45, 2.75) is 33.8 Å². The fourth-order valence-electron chi connectivity index (χ4n) is 1.54. The quantitative estimate of drug-likeness (QED) is 0.519. The summed E-state index contributed by atoms with van der Waals surface area (Å²) in [5, 5.41) is 0. The van der Waals surface area contributed by atoms with Gasteiger partial charge in [0.25, 0.3) is 0 Å². The van der Waals surface area contributed by atoms with Gasteiger partial charge in [0.15, 0.2) is 0 Å². The monoisotopic (exact) mass is 230 g/mol. The molecule has 0 aliphatic carbocycles. The average molecular weight is 230 g/mol. The van der Waals surface area contributed by atoms with E-state index < -0.39 is 29.4 Å². The van der Waals surface area contributed by atoms with Crippen molar-refractivity contribution in [1.29, 1.82) is 0 Å². The molecule has 0 aromatic rings. The zero-order valence-corrected chi connectivity index (χ0v) is 10.3. The molecule has 0 rings (SSSR count). The Morgan fingerprint density at radius 2 is 1.81 bits per heavy atom. The minimum atomic E-state index is -1.05. The predicted molar refractivity (Wildman–Crippen MR) is 56.6 cm³/mol. The van der Waals surface area contributed by atoms with Crippen LogP contribution in [0.1, 0.15) is 27.7 Å². The highest BCUT2D eigenvalue weighted by Gasteiger charge is 2.43. The van der Waals surface area contributed by atoms with Crippen LogP contribution in [0, 0.1) is 11.3 Å². The fourth-order valence-corrected chi connectivity index (χ4v) is 1.54. The van der Waals surface area contributed by atoms with E-state index in [0.717, 1.165) is 0 Å². The molecule has 0 bridgehead atoms. The van der Waals surface area contributed by atoms with Crippen molar-refractivity contribution in [2.75, 3.05) is 7.11 Å². The highest BCUT2D eigenvalue weighted by Crippen LogP contribution is 2.29. The van der Waals surface area contributed by atoms with Gasteiger partial charge in [-0.1, -0.05) is 6.92 Å². The van der Waals surface area contributed by atoms with Crippen LogP contribution in [0.5, 0.6) is 0 Å². The summed E-state index contributed by atoms with van der Waals surface area (Å²) in [6, 6.07) is 0. The Morgan fingerprint density at radius 1 is 1.31 bits per heavy atom. The molecule has 0 radical (unpaired) electrons. The van der Waals surface area contributed by atoms with Gasteiger partial charge in [0.2, 0.25) is 0 Å². The summed E-state index contributed by atoms with van der Waals surface area (Å²) < 4.78 is 9.65. The van der Waals surface area contributed by atoms with Gasteiger partial charge in [-0.2, -0.15) is 0 Å². The molecule has 0 aliphatic heterocycles. The summed E-state index contributed by atoms with van der Waals surface area (Å²) in [6.07, 6.45) is -0.173. The van der Waals surface area contributed by atoms with E-state index in [1.54, 1.807) is 20.8 Å². The minimum Gasteiger partial charge on any atom is -0.468 e. The zero-order valence-electron chi connectivity index (χ0n) is 10.3. The third-order valence-electron chi connectivity index (χ3n) is 2.41. The third-order valence-corrected chi connectivity index (χ3v) is 2.41. The molecule has 0 heterocycles. The molecule has 0 aliphatic rings. The molecule has 5 nitrogen and oxygen atoms in total. The summed E-state index contributed by atoms with van der Waals surface area (Å²) >= 11 is 0. The van der Waals surface area contributed by atoms with E-state index in [1.807, 2.05) is 0 Å². The van der Waals surface area contributed by atoms with E-state index in [0.29, 0.717) is 6.29 Å². The third kappa shape index (κ3) is 3.32. The van der Waals surface area contributed by atoms with Crippen LogP contribution in [0.2, 0.25) is 0 Å². The highest BCUT2D eigenvalue weighted by atomic mass is 16.6. The lowest BCUT2D eigenvalue weighted by Gasteiger charge is -2.32. The van der Waals surface area contributed by atoms with Gasteiger partial charge in [-0.3, -0.25) is 9.59 Å². The molecule has 0 amide bonds. The van der Waals surface area contributed by atoms with E-state index >= 15 is 0 Å². The van der Waals surface area contributed by atoms with Crippen LogP contribution < -0.4 is 0 Å². The van der Waals surface area contributed by atoms with Crippen LogP contribution in [0.4, 0.5) is 0 Å². The van der Waals surface area contributed by atoms with Gasteiger partial charge in [0.05, 0.1) is 18.4 Å². The molecule has 0 saturated carbocycles. The summed E-state index contributed by atoms with van der Waals surface area (Å²) in [4.78, 5) is 33.2. The van der Waals surface area contributed by atoms with Crippen molar-refractivity contribution < 1.29 is 23.9 Å². The van der Waals surface area contributed by atoms with Gasteiger partial charge in [-0.05, 0) is 13.8 Å². The summed E-state index contributed by atoms with van der Waals surface area (Å²) in [6.45, 7) is 5.97. The van der Waals surface area contributed by atoms with Crippen LogP contribution in [0.25, 0.3) is 0 Å². The molecular weight excluding hydrogens is 212 g/mol. The van der Waals surface area contributed by atoms with Gasteiger partial charge >= 0.3 is 11.9 Å². The Balaban J connectivity index is 5.07. The minimum absolute atomic E-state index is 0.521. The largest absolute Gasteiger partial charge is 0.468 e. The standard InChI is InChI=1S/C11H18O5/c1-7(6-12)9(16-8(2)13)11(3,4)10(14)15-5/h6-7,9H,1-5H3/t7-,9+/m1/s1. The Morgan fingerprint density at radius 3 is 2.12 bits per heavy atom. The number of hydrogen-bond donors (Lipinski definition) is 0. The highest BCUT2D eigenvalue weighted by molar-refractivity contribution is 5.78. The lowest BCUT2D eigenvalue weighted by molar-refractivity contribution is -0.171. The first-order chi connectivity index (χ1) is 7.27. The molecule has 0 saturated heterocycles. The molecule has 0 fully saturated rings. The van der Waals surface area contributed by atoms with Crippen molar-refractivity contribution in [3.05, 3.63) is 0 Å². The van der Waals surface area contributed by atoms with Gasteiger partial charge < -0.3 is 14.3 Å². The van der Waals surface area contributed by atoms with Crippen LogP contribution in [0.15, 0.2) is 0 Å². The molecule has 0 unspecified atom stereocenters. The summed E-state index contributed by atoms with van der Waals surface area (Å²) in [5.41, 5.74) is -1.05. The number of methoxy groups -OCH3 is 1. The maximum absolute atomic E-state index is 11.5. The summed E-state index contributed by atoms with van der Waals surface area (Å²) in [5.74, 6) is -1.62. The predicted octanol–water partition coefficient (Wildman–Crippen LogP) is 0.952. The molecule has 92 valence electrons. The van der Waals surface area contributed by atoms with Gasteiger partial charge in [-0.25, -0.2) is 0 Å². The SMILES string of the molecule is COC(=O)C(C)(C)[C@@H](OC(C)=O)[C@H](C)C=O. The maximum Gasteiger partial charge on any atom is 0.315 e. The van der Waals surface area contributed by atoms with E-state index in [4.69, 9.17) is 4.74 Å². The van der Waals surface area contributed by atoms with Crippen LogP contribution >= 0.6 is 0 Å². The molecule has 16 heavy (non-hydrogen) atoms. The van der Waals surface area contributed by atoms with Crippen molar-refractivity contribution in [2.24, 2.45) is 11.3 Å². The number of hydrogen-bond acceptors (Lipinski definition) is 5. The van der Waals surface area contributed by atoms with Crippen molar-refractivity contribution >= 4 is 18.2 Å². The second kappa shape index (κ2) is 5.63. The first-order valence-corrected chi connectivity index (χ1v) is 4.98. The number of rotatable bonds is 5. The topological polar surface area (TPSA) is 69.7 Å². The first-order valence-electron chi connectivity index (χ1n) is 4.98. The van der Waals surface area contributed by atoms with E-state index in [9.17, 15) is 14.4 Å². The molecule has 2 atom stereocenters. The van der Waals surface area contributed by atoms with Gasteiger partial charge in [-0.15, -0.1) is 0 Å². The molecule has 0 aromatic heterocycles. The van der Waals surface area contributed by atoms with Crippen molar-refractivity contribution in [1.82, 2.24) is 0 Å². The maximum atomic E-state index is 11.5. The Hall–Kier alpha value is -1.39. The van der Waals surface area contributed by atoms with Gasteiger partial charge in [0, 0.05) is 6.92 Å². The van der Waals surface area contributed by atoms with E-state index in [-0.39, 0.29) is 0 Å². The Bertz CT molecular complexity index is 282. The molecule has 0 spiro atoms. The molecule has 5 heteroatoms. The van der Waals surface area contributed by atoms with Crippen LogP contribution in [-0.4, -0.2) is 31.4 Å². The van der Waals surface area contributed by atoms with E-state index in [2.05, 4.69) is 4.74 Å². The van der Waals surface area contributed by atoms with Gasteiger partial charge in [0.1, 0.15) is 12.4 Å². The Labute approximate surface area is 95.1 Å². The smallest absolute Gasteiger partial charge is 0.315 e. The summed E-state index contributed by atoms with van der Waals surface area (Å²) in [7, 11) is 1.25. The second-order valence-electron chi connectivity index (χ2n) is 4.24. The molecule has 0 aromatic carbocycles. The number of aldehydes is 1. The van der Waals surface area contributed by atoms with Crippen LogP contribution in [0.3, 0.4) is 0 Å². The zero-order chi connectivity index (χ0) is 12.9. The number of esters is 2. The number of carbonyl (C=O) groups is 3. The van der Waals surface area contributed by atoms with Crippen molar-refractivity contribution in [3.63, 3.8) is 0 Å². The second-order valence-corrected chi connectivity index (χ2v) is 4.24. The van der Waals surface area contributed by atoms with E-state index in [1.165, 1.54) is 14.0 Å². The average Bonchev–Trinajstić information content (AvgIpc) is 2.23. The molecule has 0 N–H and O–H groups in total.